The minimum atomic E-state index is -2.84. The molecule has 0 amide bonds. The summed E-state index contributed by atoms with van der Waals surface area (Å²) in [6, 6.07) is 12.7. The minimum absolute atomic E-state index is 0.184. The van der Waals surface area contributed by atoms with E-state index >= 15 is 0 Å². The van der Waals surface area contributed by atoms with Crippen LogP contribution >= 0.6 is 11.3 Å². The van der Waals surface area contributed by atoms with Gasteiger partial charge in [-0.2, -0.15) is 0 Å². The van der Waals surface area contributed by atoms with Crippen LogP contribution in [-0.4, -0.2) is 67.0 Å². The Morgan fingerprint density at radius 3 is 2.54 bits per heavy atom. The smallest absolute Gasteiger partial charge is 0.151 e. The first-order chi connectivity index (χ1) is 13.6. The topological polar surface area (TPSA) is 66.4 Å². The van der Waals surface area contributed by atoms with Gasteiger partial charge in [0, 0.05) is 37.1 Å². The van der Waals surface area contributed by atoms with Crippen molar-refractivity contribution in [3.8, 4) is 10.4 Å². The third-order valence-electron chi connectivity index (χ3n) is 5.71. The standard InChI is InChI=1S/C20H22N4O2S2/c25-28(26)11-6-16(13-28)23-7-9-24(10-8-23)19-17-12-18(15-4-2-1-3-5-15)27-20(17)22-14-21-19/h1-5,12,14,16H,6-11,13H2/t16-/m0/s1. The predicted molar refractivity (Wildman–Crippen MR) is 114 cm³/mol. The highest BCUT2D eigenvalue weighted by atomic mass is 32.2. The van der Waals surface area contributed by atoms with Crippen LogP contribution in [0.3, 0.4) is 0 Å². The second-order valence-corrected chi connectivity index (χ2v) is 10.7. The molecule has 0 spiro atoms. The zero-order chi connectivity index (χ0) is 19.1. The van der Waals surface area contributed by atoms with Gasteiger partial charge in [-0.1, -0.05) is 30.3 Å². The molecule has 0 aliphatic carbocycles. The monoisotopic (exact) mass is 414 g/mol. The number of hydrogen-bond acceptors (Lipinski definition) is 7. The molecule has 28 heavy (non-hydrogen) atoms. The molecule has 4 heterocycles. The molecule has 2 aromatic heterocycles. The number of aromatic nitrogens is 2. The molecule has 1 atom stereocenters. The number of anilines is 1. The fourth-order valence-corrected chi connectivity index (χ4v) is 6.96. The largest absolute Gasteiger partial charge is 0.353 e. The lowest BCUT2D eigenvalue weighted by Gasteiger charge is -2.38. The molecule has 2 aliphatic heterocycles. The molecule has 0 saturated carbocycles. The lowest BCUT2D eigenvalue weighted by Crippen LogP contribution is -2.51. The van der Waals surface area contributed by atoms with Crippen LogP contribution in [0.25, 0.3) is 20.7 Å². The quantitative estimate of drug-likeness (QED) is 0.657. The van der Waals surface area contributed by atoms with E-state index < -0.39 is 9.84 Å². The normalized spacial score (nSPS) is 22.7. The number of fused-ring (bicyclic) bond motifs is 1. The summed E-state index contributed by atoms with van der Waals surface area (Å²) >= 11 is 1.69. The van der Waals surface area contributed by atoms with Gasteiger partial charge in [0.25, 0.3) is 0 Å². The zero-order valence-corrected chi connectivity index (χ0v) is 17.1. The third-order valence-corrected chi connectivity index (χ3v) is 8.55. The summed E-state index contributed by atoms with van der Waals surface area (Å²) in [5, 5.41) is 1.10. The molecular weight excluding hydrogens is 392 g/mol. The van der Waals surface area contributed by atoms with E-state index in [1.54, 1.807) is 17.7 Å². The number of nitrogens with zero attached hydrogens (tertiary/aromatic N) is 4. The van der Waals surface area contributed by atoms with Gasteiger partial charge >= 0.3 is 0 Å². The van der Waals surface area contributed by atoms with Gasteiger partial charge in [-0.15, -0.1) is 11.3 Å². The highest BCUT2D eigenvalue weighted by Gasteiger charge is 2.34. The Morgan fingerprint density at radius 1 is 1.04 bits per heavy atom. The maximum atomic E-state index is 11.8. The molecule has 5 rings (SSSR count). The SMILES string of the molecule is O=S1(=O)CC[C@H](N2CCN(c3ncnc4sc(-c5ccccc5)cc34)CC2)C1. The van der Waals surface area contributed by atoms with Crippen molar-refractivity contribution in [3.05, 3.63) is 42.7 Å². The molecule has 2 fully saturated rings. The number of piperazine rings is 1. The van der Waals surface area contributed by atoms with Crippen LogP contribution in [0.2, 0.25) is 0 Å². The van der Waals surface area contributed by atoms with Gasteiger partial charge in [-0.3, -0.25) is 4.90 Å². The number of thiophene rings is 1. The van der Waals surface area contributed by atoms with E-state index in [0.717, 1.165) is 48.6 Å². The van der Waals surface area contributed by atoms with Crippen molar-refractivity contribution in [3.63, 3.8) is 0 Å². The third kappa shape index (κ3) is 3.40. The molecule has 0 N–H and O–H groups in total. The first-order valence-corrected chi connectivity index (χ1v) is 12.2. The summed E-state index contributed by atoms with van der Waals surface area (Å²) in [5.41, 5.74) is 1.20. The molecule has 2 aliphatic rings. The average Bonchev–Trinajstić information content (AvgIpc) is 3.32. The van der Waals surface area contributed by atoms with Crippen molar-refractivity contribution < 1.29 is 8.42 Å². The first-order valence-electron chi connectivity index (χ1n) is 9.58. The molecule has 0 bridgehead atoms. The summed E-state index contributed by atoms with van der Waals surface area (Å²) in [6.45, 7) is 3.47. The summed E-state index contributed by atoms with van der Waals surface area (Å²) in [5.74, 6) is 1.64. The molecular formula is C20H22N4O2S2. The summed E-state index contributed by atoms with van der Waals surface area (Å²) in [4.78, 5) is 15.9. The number of rotatable bonds is 3. The zero-order valence-electron chi connectivity index (χ0n) is 15.5. The van der Waals surface area contributed by atoms with Crippen LogP contribution in [0.5, 0.6) is 0 Å². The van der Waals surface area contributed by atoms with Gasteiger partial charge in [0.05, 0.1) is 16.9 Å². The maximum Gasteiger partial charge on any atom is 0.151 e. The Bertz CT molecular complexity index is 1090. The van der Waals surface area contributed by atoms with E-state index in [1.165, 1.54) is 10.4 Å². The van der Waals surface area contributed by atoms with Crippen LogP contribution in [0.15, 0.2) is 42.7 Å². The Morgan fingerprint density at radius 2 is 1.82 bits per heavy atom. The molecule has 0 radical (unpaired) electrons. The molecule has 8 heteroatoms. The van der Waals surface area contributed by atoms with E-state index in [-0.39, 0.29) is 6.04 Å². The highest BCUT2D eigenvalue weighted by Crippen LogP contribution is 2.36. The number of sulfone groups is 1. The van der Waals surface area contributed by atoms with Crippen LogP contribution in [0.4, 0.5) is 5.82 Å². The molecule has 1 aromatic carbocycles. The van der Waals surface area contributed by atoms with Gasteiger partial charge in [0.15, 0.2) is 9.84 Å². The maximum absolute atomic E-state index is 11.8. The van der Waals surface area contributed by atoms with Crippen molar-refractivity contribution in [2.75, 3.05) is 42.6 Å². The number of benzene rings is 1. The van der Waals surface area contributed by atoms with Crippen LogP contribution in [-0.2, 0) is 9.84 Å². The van der Waals surface area contributed by atoms with Crippen LogP contribution in [0.1, 0.15) is 6.42 Å². The van der Waals surface area contributed by atoms with E-state index in [4.69, 9.17) is 0 Å². The fourth-order valence-electron chi connectivity index (χ4n) is 4.20. The average molecular weight is 415 g/mol. The second-order valence-electron chi connectivity index (χ2n) is 7.47. The summed E-state index contributed by atoms with van der Waals surface area (Å²) < 4.78 is 23.6. The van der Waals surface area contributed by atoms with E-state index in [1.807, 2.05) is 6.07 Å². The predicted octanol–water partition coefficient (Wildman–Crippen LogP) is 2.67. The minimum Gasteiger partial charge on any atom is -0.353 e. The van der Waals surface area contributed by atoms with Crippen LogP contribution in [0, 0.1) is 0 Å². The van der Waals surface area contributed by atoms with Crippen molar-refractivity contribution in [2.24, 2.45) is 0 Å². The van der Waals surface area contributed by atoms with Gasteiger partial charge < -0.3 is 4.90 Å². The van der Waals surface area contributed by atoms with Gasteiger partial charge in [-0.25, -0.2) is 18.4 Å². The van der Waals surface area contributed by atoms with Gasteiger partial charge in [-0.05, 0) is 18.1 Å². The van der Waals surface area contributed by atoms with E-state index in [0.29, 0.717) is 11.5 Å². The summed E-state index contributed by atoms with van der Waals surface area (Å²) in [6.07, 6.45) is 2.42. The summed E-state index contributed by atoms with van der Waals surface area (Å²) in [7, 11) is -2.84. The first kappa shape index (κ1) is 18.0. The van der Waals surface area contributed by atoms with Gasteiger partial charge in [0.2, 0.25) is 0 Å². The lowest BCUT2D eigenvalue weighted by atomic mass is 10.1. The second kappa shape index (κ2) is 7.09. The van der Waals surface area contributed by atoms with Crippen molar-refractivity contribution in [1.29, 1.82) is 0 Å². The van der Waals surface area contributed by atoms with Crippen molar-refractivity contribution >= 4 is 37.2 Å². The van der Waals surface area contributed by atoms with Crippen molar-refractivity contribution in [1.82, 2.24) is 14.9 Å². The fraction of sp³-hybridized carbons (Fsp3) is 0.400. The lowest BCUT2D eigenvalue weighted by molar-refractivity contribution is 0.200. The number of hydrogen-bond donors (Lipinski definition) is 0. The Hall–Kier alpha value is -2.03. The Labute approximate surface area is 168 Å². The van der Waals surface area contributed by atoms with E-state index in [9.17, 15) is 8.42 Å². The van der Waals surface area contributed by atoms with Gasteiger partial charge in [0.1, 0.15) is 17.0 Å². The molecule has 3 aromatic rings. The highest BCUT2D eigenvalue weighted by molar-refractivity contribution is 7.91. The molecule has 6 nitrogen and oxygen atoms in total. The molecule has 2 saturated heterocycles. The Kier molecular flexibility index (Phi) is 4.57. The van der Waals surface area contributed by atoms with Crippen LogP contribution < -0.4 is 4.90 Å². The molecule has 0 unspecified atom stereocenters. The molecule has 146 valence electrons. The van der Waals surface area contributed by atoms with E-state index in [2.05, 4.69) is 50.1 Å². The Balaban J connectivity index is 1.36. The van der Waals surface area contributed by atoms with Crippen molar-refractivity contribution in [2.45, 2.75) is 12.5 Å².